The highest BCUT2D eigenvalue weighted by Crippen LogP contribution is 2.08. The van der Waals surface area contributed by atoms with Gasteiger partial charge in [-0.15, -0.1) is 0 Å². The van der Waals surface area contributed by atoms with Crippen molar-refractivity contribution in [1.29, 1.82) is 0 Å². The topological polar surface area (TPSA) is 139 Å². The molecule has 0 bridgehead atoms. The normalized spacial score (nSPS) is 11.4. The fourth-order valence-corrected chi connectivity index (χ4v) is 3.29. The Kier molecular flexibility index (Phi) is 11.6. The number of hydrogen-bond donors (Lipinski definition) is 3. The summed E-state index contributed by atoms with van der Waals surface area (Å²) >= 11 is 0. The quantitative estimate of drug-likeness (QED) is 0.397. The lowest BCUT2D eigenvalue weighted by Crippen LogP contribution is -2.53. The van der Waals surface area contributed by atoms with Crippen molar-refractivity contribution in [2.24, 2.45) is 0 Å². The van der Waals surface area contributed by atoms with Crippen LogP contribution in [0.1, 0.15) is 16.7 Å². The third-order valence-electron chi connectivity index (χ3n) is 5.00. The number of nitrogens with one attached hydrogen (secondary N) is 2. The predicted octanol–water partition coefficient (Wildman–Crippen LogP) is 2.75. The number of alkyl carbamates (subject to hydrolysis) is 1. The van der Waals surface area contributed by atoms with Crippen molar-refractivity contribution in [2.75, 3.05) is 0 Å². The highest BCUT2D eigenvalue weighted by Gasteiger charge is 2.27. The number of aliphatic carboxylic acids is 1. The van der Waals surface area contributed by atoms with Gasteiger partial charge < -0.3 is 20.5 Å². The van der Waals surface area contributed by atoms with Crippen LogP contribution in [0.25, 0.3) is 0 Å². The Balaban J connectivity index is 0.00000145. The summed E-state index contributed by atoms with van der Waals surface area (Å²) < 4.78 is 5.25. The van der Waals surface area contributed by atoms with Crippen LogP contribution in [0.3, 0.4) is 0 Å². The van der Waals surface area contributed by atoms with Crippen molar-refractivity contribution in [1.82, 2.24) is 10.6 Å². The van der Waals surface area contributed by atoms with Crippen LogP contribution < -0.4 is 10.6 Å². The molecule has 36 heavy (non-hydrogen) atoms. The molecular weight excluding hydrogens is 464 g/mol. The standard InChI is InChI=1S/C26H26N2O5.CO2/c29-24(27-23(25(30)31)17-20-12-6-2-7-13-20)22(16-19-10-4-1-5-11-19)28-26(32)33-18-21-14-8-3-9-15-21;2-1-3/h1-15,22-23H,16-18H2,(H,27,29)(H,28,32)(H,30,31);/t22-,23-;/m0./s1. The van der Waals surface area contributed by atoms with Gasteiger partial charge >= 0.3 is 18.2 Å². The van der Waals surface area contributed by atoms with Crippen molar-refractivity contribution in [2.45, 2.75) is 31.5 Å². The summed E-state index contributed by atoms with van der Waals surface area (Å²) in [7, 11) is 0. The Labute approximate surface area is 208 Å². The van der Waals surface area contributed by atoms with Crippen LogP contribution in [0, 0.1) is 0 Å². The Morgan fingerprint density at radius 3 is 1.56 bits per heavy atom. The maximum Gasteiger partial charge on any atom is 0.408 e. The number of amides is 2. The molecule has 2 amide bonds. The molecule has 2 atom stereocenters. The van der Waals surface area contributed by atoms with E-state index in [4.69, 9.17) is 14.3 Å². The largest absolute Gasteiger partial charge is 0.480 e. The molecule has 3 N–H and O–H groups in total. The summed E-state index contributed by atoms with van der Waals surface area (Å²) in [4.78, 5) is 53.4. The zero-order valence-electron chi connectivity index (χ0n) is 19.3. The molecule has 0 aliphatic heterocycles. The van der Waals surface area contributed by atoms with Crippen LogP contribution in [0.15, 0.2) is 91.0 Å². The molecule has 9 nitrogen and oxygen atoms in total. The van der Waals surface area contributed by atoms with Gasteiger partial charge in [-0.3, -0.25) is 4.79 Å². The van der Waals surface area contributed by atoms with E-state index in [-0.39, 0.29) is 25.6 Å². The van der Waals surface area contributed by atoms with Gasteiger partial charge in [-0.05, 0) is 16.7 Å². The molecular formula is C27H26N2O7. The number of rotatable bonds is 10. The Bertz CT molecular complexity index is 1130. The molecule has 0 unspecified atom stereocenters. The number of benzene rings is 3. The van der Waals surface area contributed by atoms with E-state index in [1.54, 1.807) is 24.3 Å². The second-order valence-electron chi connectivity index (χ2n) is 7.62. The SMILES string of the molecule is O=C(N[C@@H](Cc1ccccc1)C(=O)N[C@@H](Cc1ccccc1)C(=O)O)OCc1ccccc1.O=C=O. The van der Waals surface area contributed by atoms with Gasteiger partial charge in [0.05, 0.1) is 0 Å². The monoisotopic (exact) mass is 490 g/mol. The number of ether oxygens (including phenoxy) is 1. The van der Waals surface area contributed by atoms with Crippen molar-refractivity contribution >= 4 is 24.1 Å². The van der Waals surface area contributed by atoms with Gasteiger partial charge in [0, 0.05) is 12.8 Å². The first-order chi connectivity index (χ1) is 17.4. The van der Waals surface area contributed by atoms with Crippen molar-refractivity contribution in [3.8, 4) is 0 Å². The smallest absolute Gasteiger partial charge is 0.408 e. The second-order valence-corrected chi connectivity index (χ2v) is 7.62. The molecule has 0 fully saturated rings. The molecule has 0 saturated carbocycles. The first-order valence-corrected chi connectivity index (χ1v) is 11.0. The highest BCUT2D eigenvalue weighted by atomic mass is 16.5. The Morgan fingerprint density at radius 2 is 1.11 bits per heavy atom. The molecule has 0 spiro atoms. The van der Waals surface area contributed by atoms with Crippen LogP contribution >= 0.6 is 0 Å². The predicted molar refractivity (Wildman–Crippen MR) is 128 cm³/mol. The molecule has 0 aromatic heterocycles. The van der Waals surface area contributed by atoms with Gasteiger partial charge in [0.25, 0.3) is 0 Å². The number of carboxylic acid groups (broad SMARTS) is 1. The molecule has 0 heterocycles. The zero-order chi connectivity index (χ0) is 26.2. The van der Waals surface area contributed by atoms with E-state index in [9.17, 15) is 19.5 Å². The average molecular weight is 491 g/mol. The zero-order valence-corrected chi connectivity index (χ0v) is 19.3. The van der Waals surface area contributed by atoms with E-state index in [0.717, 1.165) is 16.7 Å². The van der Waals surface area contributed by atoms with Gasteiger partial charge in [-0.1, -0.05) is 91.0 Å². The molecule has 0 radical (unpaired) electrons. The maximum absolute atomic E-state index is 13.0. The minimum Gasteiger partial charge on any atom is -0.480 e. The lowest BCUT2D eigenvalue weighted by Gasteiger charge is -2.21. The van der Waals surface area contributed by atoms with Crippen LogP contribution in [-0.2, 0) is 43.4 Å². The molecule has 3 rings (SSSR count). The van der Waals surface area contributed by atoms with E-state index in [2.05, 4.69) is 10.6 Å². The van der Waals surface area contributed by atoms with Gasteiger partial charge in [0.1, 0.15) is 18.7 Å². The summed E-state index contributed by atoms with van der Waals surface area (Å²) in [6, 6.07) is 25.2. The molecule has 0 saturated heterocycles. The molecule has 186 valence electrons. The van der Waals surface area contributed by atoms with Gasteiger partial charge in [0.2, 0.25) is 5.91 Å². The molecule has 3 aromatic carbocycles. The van der Waals surface area contributed by atoms with E-state index >= 15 is 0 Å². The minimum atomic E-state index is -1.16. The van der Waals surface area contributed by atoms with E-state index < -0.39 is 30.1 Å². The summed E-state index contributed by atoms with van der Waals surface area (Å²) in [5.74, 6) is -1.75. The second kappa shape index (κ2) is 15.2. The highest BCUT2D eigenvalue weighted by molar-refractivity contribution is 5.89. The third kappa shape index (κ3) is 10.0. The molecule has 9 heteroatoms. The van der Waals surface area contributed by atoms with Gasteiger partial charge in [0.15, 0.2) is 0 Å². The van der Waals surface area contributed by atoms with Crippen molar-refractivity contribution in [3.63, 3.8) is 0 Å². The fourth-order valence-electron chi connectivity index (χ4n) is 3.29. The van der Waals surface area contributed by atoms with E-state index in [1.165, 1.54) is 0 Å². The van der Waals surface area contributed by atoms with E-state index in [0.29, 0.717) is 0 Å². The first-order valence-electron chi connectivity index (χ1n) is 11.0. The van der Waals surface area contributed by atoms with E-state index in [1.807, 2.05) is 66.7 Å². The summed E-state index contributed by atoms with van der Waals surface area (Å²) in [6.45, 7) is 0.0537. The fraction of sp³-hybridized carbons (Fsp3) is 0.185. The lowest BCUT2D eigenvalue weighted by molar-refractivity contribution is -0.191. The lowest BCUT2D eigenvalue weighted by atomic mass is 10.0. The average Bonchev–Trinajstić information content (AvgIpc) is 2.89. The Morgan fingerprint density at radius 1 is 0.694 bits per heavy atom. The van der Waals surface area contributed by atoms with Crippen LogP contribution in [0.4, 0.5) is 4.79 Å². The van der Waals surface area contributed by atoms with Gasteiger partial charge in [-0.2, -0.15) is 9.59 Å². The summed E-state index contributed by atoms with van der Waals surface area (Å²) in [6.07, 6.45) is -0.201. The first kappa shape index (κ1) is 27.5. The summed E-state index contributed by atoms with van der Waals surface area (Å²) in [5, 5.41) is 14.8. The number of carbonyl (C=O) groups excluding carboxylic acids is 4. The Hall–Kier alpha value is -4.75. The van der Waals surface area contributed by atoms with Crippen LogP contribution in [0.5, 0.6) is 0 Å². The third-order valence-corrected chi connectivity index (χ3v) is 5.00. The van der Waals surface area contributed by atoms with Gasteiger partial charge in [-0.25, -0.2) is 9.59 Å². The summed E-state index contributed by atoms with van der Waals surface area (Å²) in [5.41, 5.74) is 2.40. The molecule has 3 aromatic rings. The maximum atomic E-state index is 13.0. The number of carboxylic acids is 1. The number of hydrogen-bond acceptors (Lipinski definition) is 6. The minimum absolute atomic E-state index is 0.0537. The van der Waals surface area contributed by atoms with Crippen molar-refractivity contribution < 1.29 is 33.8 Å². The number of carbonyl (C=O) groups is 3. The van der Waals surface area contributed by atoms with Crippen molar-refractivity contribution in [3.05, 3.63) is 108 Å². The molecule has 0 aliphatic carbocycles. The van der Waals surface area contributed by atoms with Crippen LogP contribution in [0.2, 0.25) is 0 Å². The van der Waals surface area contributed by atoms with Crippen LogP contribution in [-0.4, -0.2) is 41.3 Å². The molecule has 0 aliphatic rings.